The molecule has 0 unspecified atom stereocenters. The molecule has 3 aliphatic rings. The van der Waals surface area contributed by atoms with Crippen molar-refractivity contribution in [3.05, 3.63) is 107 Å². The highest BCUT2D eigenvalue weighted by Crippen LogP contribution is 2.56. The minimum atomic E-state index is 0. The van der Waals surface area contributed by atoms with Gasteiger partial charge in [-0.3, -0.25) is 4.90 Å². The Bertz CT molecular complexity index is 1210. The van der Waals surface area contributed by atoms with Gasteiger partial charge in [0.05, 0.1) is 7.11 Å². The number of nitrogens with zero attached hydrogens (tertiary/aromatic N) is 1. The van der Waals surface area contributed by atoms with Crippen LogP contribution in [0.2, 0.25) is 0 Å². The van der Waals surface area contributed by atoms with E-state index in [-0.39, 0.29) is 17.0 Å². The zero-order valence-corrected chi connectivity index (χ0v) is 23.1. The number of hydrogen-bond donors (Lipinski definition) is 0. The number of methoxy groups -OCH3 is 1. The average molecular weight is 545 g/mol. The van der Waals surface area contributed by atoms with Crippen molar-refractivity contribution in [2.75, 3.05) is 13.7 Å². The van der Waals surface area contributed by atoms with Crippen LogP contribution in [-0.4, -0.2) is 24.6 Å². The van der Waals surface area contributed by atoms with Crippen molar-refractivity contribution in [1.29, 1.82) is 0 Å². The SMILES string of the molecule is Br.COc1ccc2c(c1)[C@@]13CCCC[C@H]1[C@@H](C2)N(Cc1ccccc1C/C=C/c1ccccc1)CC3. The van der Waals surface area contributed by atoms with E-state index in [1.165, 1.54) is 61.8 Å². The molecule has 0 N–H and O–H groups in total. The van der Waals surface area contributed by atoms with E-state index < -0.39 is 0 Å². The number of rotatable bonds is 6. The van der Waals surface area contributed by atoms with Crippen molar-refractivity contribution in [3.63, 3.8) is 0 Å². The Morgan fingerprint density at radius 1 is 0.944 bits per heavy atom. The van der Waals surface area contributed by atoms with E-state index >= 15 is 0 Å². The third kappa shape index (κ3) is 4.68. The van der Waals surface area contributed by atoms with Gasteiger partial charge < -0.3 is 4.74 Å². The van der Waals surface area contributed by atoms with Gasteiger partial charge in [-0.2, -0.15) is 0 Å². The maximum atomic E-state index is 5.65. The summed E-state index contributed by atoms with van der Waals surface area (Å²) in [6.45, 7) is 2.27. The molecule has 3 heteroatoms. The van der Waals surface area contributed by atoms with Crippen LogP contribution in [-0.2, 0) is 24.8 Å². The summed E-state index contributed by atoms with van der Waals surface area (Å²) in [5, 5.41) is 0. The standard InChI is InChI=1S/C33H37NO.BrH/c1-35-29-18-17-27-22-32-30-16-7-8-19-33(30,31(27)23-29)20-21-34(32)24-28-14-6-5-13-26(28)15-9-12-25-10-3-2-4-11-25;/h2-6,9-14,17-18,23,30,32H,7-8,15-16,19-22,24H2,1H3;1H/b12-9+;/t30-,32+,33+;/m0./s1. The van der Waals surface area contributed by atoms with Crippen LogP contribution in [0.1, 0.15) is 59.9 Å². The summed E-state index contributed by atoms with van der Waals surface area (Å²) in [6, 6.07) is 27.3. The molecule has 3 atom stereocenters. The Hall–Kier alpha value is -2.36. The molecule has 36 heavy (non-hydrogen) atoms. The van der Waals surface area contributed by atoms with E-state index in [2.05, 4.69) is 89.8 Å². The lowest BCUT2D eigenvalue weighted by atomic mass is 9.52. The first-order chi connectivity index (χ1) is 17.3. The number of ether oxygens (including phenoxy) is 1. The third-order valence-electron chi connectivity index (χ3n) is 9.10. The lowest BCUT2D eigenvalue weighted by Crippen LogP contribution is -2.60. The second kappa shape index (κ2) is 10.9. The summed E-state index contributed by atoms with van der Waals surface area (Å²) in [5.41, 5.74) is 7.77. The molecule has 0 radical (unpaired) electrons. The third-order valence-corrected chi connectivity index (χ3v) is 9.10. The van der Waals surface area contributed by atoms with Crippen molar-refractivity contribution >= 4 is 23.1 Å². The Labute approximate surface area is 227 Å². The fraction of sp³-hybridized carbons (Fsp3) is 0.394. The van der Waals surface area contributed by atoms with Gasteiger partial charge in [-0.15, -0.1) is 17.0 Å². The monoisotopic (exact) mass is 543 g/mol. The van der Waals surface area contributed by atoms with Gasteiger partial charge >= 0.3 is 0 Å². The van der Waals surface area contributed by atoms with Crippen molar-refractivity contribution in [2.45, 2.75) is 62.9 Å². The van der Waals surface area contributed by atoms with Gasteiger partial charge in [-0.05, 0) is 84.5 Å². The van der Waals surface area contributed by atoms with Crippen molar-refractivity contribution in [2.24, 2.45) is 5.92 Å². The van der Waals surface area contributed by atoms with Crippen molar-refractivity contribution < 1.29 is 4.74 Å². The van der Waals surface area contributed by atoms with Crippen molar-refractivity contribution in [1.82, 2.24) is 4.90 Å². The van der Waals surface area contributed by atoms with Gasteiger partial charge in [0.15, 0.2) is 0 Å². The molecule has 3 aromatic rings. The fourth-order valence-electron chi connectivity index (χ4n) is 7.40. The van der Waals surface area contributed by atoms with E-state index in [1.807, 2.05) is 0 Å². The number of fused-ring (bicyclic) bond motifs is 1. The minimum absolute atomic E-state index is 0. The quantitative estimate of drug-likeness (QED) is 0.314. The lowest BCUT2D eigenvalue weighted by Gasteiger charge is -2.59. The van der Waals surface area contributed by atoms with Crippen LogP contribution in [0.15, 0.2) is 78.9 Å². The summed E-state index contributed by atoms with van der Waals surface area (Å²) >= 11 is 0. The number of allylic oxidation sites excluding steroid dienone is 1. The molecule has 1 saturated carbocycles. The van der Waals surface area contributed by atoms with Crippen LogP contribution < -0.4 is 4.74 Å². The lowest BCUT2D eigenvalue weighted by molar-refractivity contribution is -0.0158. The van der Waals surface area contributed by atoms with Crippen LogP contribution in [0.3, 0.4) is 0 Å². The van der Waals surface area contributed by atoms with E-state index in [0.29, 0.717) is 11.5 Å². The van der Waals surface area contributed by atoms with E-state index in [9.17, 15) is 0 Å². The summed E-state index contributed by atoms with van der Waals surface area (Å²) < 4.78 is 5.65. The number of benzene rings is 3. The number of hydrogen-bond acceptors (Lipinski definition) is 2. The average Bonchev–Trinajstić information content (AvgIpc) is 2.91. The van der Waals surface area contributed by atoms with Gasteiger partial charge in [0, 0.05) is 18.0 Å². The second-order valence-corrected chi connectivity index (χ2v) is 10.8. The highest BCUT2D eigenvalue weighted by molar-refractivity contribution is 8.93. The fourth-order valence-corrected chi connectivity index (χ4v) is 7.40. The molecule has 6 rings (SSSR count). The first-order valence-electron chi connectivity index (χ1n) is 13.5. The summed E-state index contributed by atoms with van der Waals surface area (Å²) in [6.07, 6.45) is 13.5. The van der Waals surface area contributed by atoms with Gasteiger partial charge in [0.1, 0.15) is 5.75 Å². The molecule has 2 aliphatic carbocycles. The zero-order valence-electron chi connectivity index (χ0n) is 21.4. The second-order valence-electron chi connectivity index (χ2n) is 10.8. The van der Waals surface area contributed by atoms with Gasteiger partial charge in [-0.1, -0.05) is 85.7 Å². The summed E-state index contributed by atoms with van der Waals surface area (Å²) in [4.78, 5) is 2.83. The normalized spacial score (nSPS) is 25.0. The Kier molecular flexibility index (Phi) is 7.69. The minimum Gasteiger partial charge on any atom is -0.497 e. The summed E-state index contributed by atoms with van der Waals surface area (Å²) in [7, 11) is 1.80. The summed E-state index contributed by atoms with van der Waals surface area (Å²) in [5.74, 6) is 1.80. The first-order valence-corrected chi connectivity index (χ1v) is 13.5. The zero-order chi connectivity index (χ0) is 23.7. The topological polar surface area (TPSA) is 12.5 Å². The Balaban J connectivity index is 0.00000267. The molecule has 1 saturated heterocycles. The molecule has 1 heterocycles. The van der Waals surface area contributed by atoms with E-state index in [1.54, 1.807) is 18.2 Å². The number of likely N-dealkylation sites (tertiary alicyclic amines) is 1. The predicted molar refractivity (Wildman–Crippen MR) is 155 cm³/mol. The van der Waals surface area contributed by atoms with Crippen LogP contribution in [0.25, 0.3) is 6.08 Å². The first kappa shape index (κ1) is 25.3. The van der Waals surface area contributed by atoms with Crippen LogP contribution in [0, 0.1) is 5.92 Å². The highest BCUT2D eigenvalue weighted by atomic mass is 79.9. The Morgan fingerprint density at radius 3 is 2.58 bits per heavy atom. The maximum Gasteiger partial charge on any atom is 0.119 e. The molecule has 0 amide bonds. The molecule has 0 aromatic heterocycles. The van der Waals surface area contributed by atoms with E-state index in [4.69, 9.17) is 4.74 Å². The molecule has 3 aromatic carbocycles. The highest BCUT2D eigenvalue weighted by Gasteiger charge is 2.53. The number of piperidine rings is 1. The number of halogens is 1. The molecule has 1 aliphatic heterocycles. The van der Waals surface area contributed by atoms with Gasteiger partial charge in [0.2, 0.25) is 0 Å². The predicted octanol–water partition coefficient (Wildman–Crippen LogP) is 7.79. The smallest absolute Gasteiger partial charge is 0.119 e. The molecular weight excluding hydrogens is 506 g/mol. The van der Waals surface area contributed by atoms with E-state index in [0.717, 1.165) is 24.6 Å². The van der Waals surface area contributed by atoms with Crippen LogP contribution in [0.4, 0.5) is 0 Å². The molecule has 0 spiro atoms. The Morgan fingerprint density at radius 2 is 1.75 bits per heavy atom. The molecular formula is C33H38BrNO. The molecule has 188 valence electrons. The molecule has 2 fully saturated rings. The van der Waals surface area contributed by atoms with Gasteiger partial charge in [0.25, 0.3) is 0 Å². The molecule has 2 bridgehead atoms. The van der Waals surface area contributed by atoms with Crippen LogP contribution >= 0.6 is 17.0 Å². The van der Waals surface area contributed by atoms with Gasteiger partial charge in [-0.25, -0.2) is 0 Å². The van der Waals surface area contributed by atoms with Crippen molar-refractivity contribution in [3.8, 4) is 5.75 Å². The maximum absolute atomic E-state index is 5.65. The largest absolute Gasteiger partial charge is 0.497 e. The molecule has 2 nitrogen and oxygen atoms in total. The van der Waals surface area contributed by atoms with Crippen LogP contribution in [0.5, 0.6) is 5.75 Å².